The topological polar surface area (TPSA) is 78.6 Å². The number of hydrogen-bond acceptors (Lipinski definition) is 6. The third-order valence-corrected chi connectivity index (χ3v) is 3.56. The summed E-state index contributed by atoms with van der Waals surface area (Å²) in [6.45, 7) is 0. The second-order valence-electron chi connectivity index (χ2n) is 4.87. The maximum atomic E-state index is 12.3. The fourth-order valence-electron chi connectivity index (χ4n) is 2.02. The molecule has 0 saturated heterocycles. The van der Waals surface area contributed by atoms with Gasteiger partial charge in [0.05, 0.1) is 23.9 Å². The number of hydrogen-bond donors (Lipinski definition) is 0. The summed E-state index contributed by atoms with van der Waals surface area (Å²) in [6, 6.07) is 11.7. The molecule has 0 fully saturated rings. The van der Waals surface area contributed by atoms with Crippen LogP contribution in [0.15, 0.2) is 60.2 Å². The first-order valence-corrected chi connectivity index (χ1v) is 7.59. The summed E-state index contributed by atoms with van der Waals surface area (Å²) in [5, 5.41) is 11.8. The second-order valence-corrected chi connectivity index (χ2v) is 5.27. The predicted octanol–water partition coefficient (Wildman–Crippen LogP) is 3.04. The minimum atomic E-state index is -0.560. The Morgan fingerprint density at radius 1 is 1.16 bits per heavy atom. The van der Waals surface area contributed by atoms with E-state index < -0.39 is 5.97 Å². The van der Waals surface area contributed by atoms with Crippen LogP contribution in [-0.4, -0.2) is 34.2 Å². The third kappa shape index (κ3) is 4.02. The summed E-state index contributed by atoms with van der Waals surface area (Å²) >= 11 is 6.01. The van der Waals surface area contributed by atoms with E-state index in [4.69, 9.17) is 21.1 Å². The van der Waals surface area contributed by atoms with Crippen molar-refractivity contribution >= 4 is 23.8 Å². The fourth-order valence-corrected chi connectivity index (χ4v) is 2.23. The molecule has 8 heteroatoms. The van der Waals surface area contributed by atoms with Gasteiger partial charge < -0.3 is 9.47 Å². The number of aromatic nitrogens is 3. The van der Waals surface area contributed by atoms with Crippen molar-refractivity contribution < 1.29 is 14.3 Å². The quantitative estimate of drug-likeness (QED) is 0.399. The highest BCUT2D eigenvalue weighted by Gasteiger charge is 2.15. The second kappa shape index (κ2) is 7.59. The number of rotatable bonds is 5. The maximum Gasteiger partial charge on any atom is 0.345 e. The lowest BCUT2D eigenvalue weighted by Crippen LogP contribution is -2.10. The van der Waals surface area contributed by atoms with Gasteiger partial charge in [0.1, 0.15) is 12.7 Å². The van der Waals surface area contributed by atoms with Crippen LogP contribution in [0.2, 0.25) is 5.02 Å². The summed E-state index contributed by atoms with van der Waals surface area (Å²) in [7, 11) is 1.49. The van der Waals surface area contributed by atoms with Crippen LogP contribution in [0.1, 0.15) is 15.9 Å². The van der Waals surface area contributed by atoms with Gasteiger partial charge in [-0.2, -0.15) is 5.10 Å². The lowest BCUT2D eigenvalue weighted by Gasteiger charge is -2.10. The first-order chi connectivity index (χ1) is 12.2. The molecule has 7 nitrogen and oxygen atoms in total. The van der Waals surface area contributed by atoms with Gasteiger partial charge in [-0.15, -0.1) is 10.2 Å². The lowest BCUT2D eigenvalue weighted by atomic mass is 10.2. The SMILES string of the molecule is COc1cc(C=Nn2cnnc2)ccc1OC(=O)c1ccccc1Cl. The molecule has 0 amide bonds. The smallest absolute Gasteiger partial charge is 0.345 e. The number of esters is 1. The molecule has 3 rings (SSSR count). The average Bonchev–Trinajstić information content (AvgIpc) is 3.14. The summed E-state index contributed by atoms with van der Waals surface area (Å²) in [6.07, 6.45) is 4.53. The molecule has 1 heterocycles. The normalized spacial score (nSPS) is 10.8. The largest absolute Gasteiger partial charge is 0.493 e. The van der Waals surface area contributed by atoms with Gasteiger partial charge in [-0.05, 0) is 35.9 Å². The van der Waals surface area contributed by atoms with Gasteiger partial charge in [0.2, 0.25) is 0 Å². The molecule has 3 aromatic rings. The molecular formula is C17H13ClN4O3. The predicted molar refractivity (Wildman–Crippen MR) is 92.4 cm³/mol. The molecule has 0 bridgehead atoms. The van der Waals surface area contributed by atoms with E-state index in [9.17, 15) is 4.79 Å². The van der Waals surface area contributed by atoms with Crippen molar-refractivity contribution in [1.82, 2.24) is 14.9 Å². The highest BCUT2D eigenvalue weighted by molar-refractivity contribution is 6.33. The van der Waals surface area contributed by atoms with E-state index in [1.165, 1.54) is 24.4 Å². The Morgan fingerprint density at radius 2 is 1.92 bits per heavy atom. The van der Waals surface area contributed by atoms with Crippen molar-refractivity contribution in [3.63, 3.8) is 0 Å². The molecule has 0 aliphatic carbocycles. The first-order valence-electron chi connectivity index (χ1n) is 7.21. The minimum absolute atomic E-state index is 0.282. The number of benzene rings is 2. The zero-order chi connectivity index (χ0) is 17.6. The Morgan fingerprint density at radius 3 is 2.64 bits per heavy atom. The van der Waals surface area contributed by atoms with Gasteiger partial charge in [-0.1, -0.05) is 23.7 Å². The Kier molecular flexibility index (Phi) is 5.06. The van der Waals surface area contributed by atoms with Crippen molar-refractivity contribution in [3.8, 4) is 11.5 Å². The van der Waals surface area contributed by atoms with E-state index in [-0.39, 0.29) is 11.3 Å². The molecule has 0 spiro atoms. The van der Waals surface area contributed by atoms with E-state index in [1.54, 1.807) is 48.7 Å². The number of carbonyl (C=O) groups is 1. The monoisotopic (exact) mass is 356 g/mol. The van der Waals surface area contributed by atoms with Crippen LogP contribution >= 0.6 is 11.6 Å². The van der Waals surface area contributed by atoms with Gasteiger partial charge in [0.15, 0.2) is 11.5 Å². The van der Waals surface area contributed by atoms with E-state index in [0.29, 0.717) is 10.8 Å². The summed E-state index contributed by atoms with van der Waals surface area (Å²) in [4.78, 5) is 12.3. The molecular weight excluding hydrogens is 344 g/mol. The molecule has 0 aliphatic heterocycles. The maximum absolute atomic E-state index is 12.3. The van der Waals surface area contributed by atoms with Gasteiger partial charge in [0, 0.05) is 0 Å². The zero-order valence-electron chi connectivity index (χ0n) is 13.2. The summed E-state index contributed by atoms with van der Waals surface area (Å²) < 4.78 is 12.1. The number of nitrogens with zero attached hydrogens (tertiary/aromatic N) is 4. The van der Waals surface area contributed by atoms with Crippen LogP contribution in [-0.2, 0) is 0 Å². The standard InChI is InChI=1S/C17H13ClN4O3/c1-24-16-8-12(9-21-22-10-19-20-11-22)6-7-15(16)25-17(23)13-4-2-3-5-14(13)18/h2-11H,1H3. The number of methoxy groups -OCH3 is 1. The Hall–Kier alpha value is -3.19. The van der Waals surface area contributed by atoms with Crippen LogP contribution in [0.3, 0.4) is 0 Å². The van der Waals surface area contributed by atoms with Crippen LogP contribution in [0.4, 0.5) is 0 Å². The first kappa shape index (κ1) is 16.7. The zero-order valence-corrected chi connectivity index (χ0v) is 13.9. The van der Waals surface area contributed by atoms with Crippen LogP contribution < -0.4 is 9.47 Å². The third-order valence-electron chi connectivity index (χ3n) is 3.23. The van der Waals surface area contributed by atoms with Gasteiger partial charge in [-0.3, -0.25) is 0 Å². The highest BCUT2D eigenvalue weighted by Crippen LogP contribution is 2.29. The van der Waals surface area contributed by atoms with Crippen LogP contribution in [0.5, 0.6) is 11.5 Å². The van der Waals surface area contributed by atoms with Crippen LogP contribution in [0, 0.1) is 0 Å². The molecule has 0 saturated carbocycles. The number of ether oxygens (including phenoxy) is 2. The molecule has 0 radical (unpaired) electrons. The van der Waals surface area contributed by atoms with Crippen molar-refractivity contribution in [2.75, 3.05) is 7.11 Å². The molecule has 0 unspecified atom stereocenters. The Balaban J connectivity index is 1.80. The van der Waals surface area contributed by atoms with E-state index in [0.717, 1.165) is 5.56 Å². The lowest BCUT2D eigenvalue weighted by molar-refractivity contribution is 0.0730. The summed E-state index contributed by atoms with van der Waals surface area (Å²) in [5.41, 5.74) is 1.03. The molecule has 2 aromatic carbocycles. The highest BCUT2D eigenvalue weighted by atomic mass is 35.5. The van der Waals surface area contributed by atoms with Crippen molar-refractivity contribution in [2.24, 2.45) is 5.10 Å². The van der Waals surface area contributed by atoms with Crippen molar-refractivity contribution in [3.05, 3.63) is 71.3 Å². The van der Waals surface area contributed by atoms with Crippen molar-refractivity contribution in [2.45, 2.75) is 0 Å². The van der Waals surface area contributed by atoms with Crippen molar-refractivity contribution in [1.29, 1.82) is 0 Å². The molecule has 1 aromatic heterocycles. The van der Waals surface area contributed by atoms with Gasteiger partial charge in [-0.25, -0.2) is 9.47 Å². The Labute approximate surface area is 148 Å². The van der Waals surface area contributed by atoms with E-state index >= 15 is 0 Å². The van der Waals surface area contributed by atoms with Crippen LogP contribution in [0.25, 0.3) is 0 Å². The molecule has 0 N–H and O–H groups in total. The molecule has 0 aliphatic rings. The van der Waals surface area contributed by atoms with Gasteiger partial charge in [0.25, 0.3) is 0 Å². The molecule has 126 valence electrons. The van der Waals surface area contributed by atoms with E-state index in [1.807, 2.05) is 0 Å². The molecule has 25 heavy (non-hydrogen) atoms. The van der Waals surface area contributed by atoms with Gasteiger partial charge >= 0.3 is 5.97 Å². The number of halogens is 1. The van der Waals surface area contributed by atoms with E-state index in [2.05, 4.69) is 15.3 Å². The fraction of sp³-hybridized carbons (Fsp3) is 0.0588. The minimum Gasteiger partial charge on any atom is -0.493 e. The Bertz CT molecular complexity index is 910. The molecule has 0 atom stereocenters. The number of carbonyl (C=O) groups excluding carboxylic acids is 1. The summed E-state index contributed by atoms with van der Waals surface area (Å²) in [5.74, 6) is 0.122. The average molecular weight is 357 g/mol.